The van der Waals surface area contributed by atoms with Crippen molar-refractivity contribution in [1.82, 2.24) is 9.55 Å². The summed E-state index contributed by atoms with van der Waals surface area (Å²) in [5.74, 6) is -2.23. The maximum absolute atomic E-state index is 12.0. The molecule has 3 rings (SSSR count). The summed E-state index contributed by atoms with van der Waals surface area (Å²) in [5, 5.41) is 22.2. The summed E-state index contributed by atoms with van der Waals surface area (Å²) < 4.78 is 15.6. The molecule has 0 bridgehead atoms. The van der Waals surface area contributed by atoms with Gasteiger partial charge in [-0.05, 0) is 45.0 Å². The van der Waals surface area contributed by atoms with Crippen LogP contribution in [0.3, 0.4) is 0 Å². The third kappa shape index (κ3) is 7.12. The molecular weight excluding hydrogens is 518 g/mol. The topological polar surface area (TPSA) is 209 Å². The molecule has 15 heteroatoms. The normalized spacial score (nSPS) is 10.0. The molecule has 2 aromatic carbocycles. The van der Waals surface area contributed by atoms with Crippen molar-refractivity contribution in [2.75, 3.05) is 25.6 Å². The monoisotopic (exact) mass is 543 g/mol. The van der Waals surface area contributed by atoms with Crippen LogP contribution in [0.25, 0.3) is 5.69 Å². The Labute approximate surface area is 221 Å². The molecule has 2 N–H and O–H groups in total. The Kier molecular flexibility index (Phi) is 10.6. The van der Waals surface area contributed by atoms with Crippen molar-refractivity contribution in [3.05, 3.63) is 86.0 Å². The maximum atomic E-state index is 12.0. The van der Waals surface area contributed by atoms with E-state index in [4.69, 9.17) is 15.2 Å². The molecule has 0 fully saturated rings. The first-order valence-electron chi connectivity index (χ1n) is 11.4. The summed E-state index contributed by atoms with van der Waals surface area (Å²) in [4.78, 5) is 59.9. The summed E-state index contributed by atoms with van der Waals surface area (Å²) in [6, 6.07) is 8.30. The lowest BCUT2D eigenvalue weighted by Crippen LogP contribution is -2.14. The van der Waals surface area contributed by atoms with Gasteiger partial charge in [0.2, 0.25) is 0 Å². The van der Waals surface area contributed by atoms with Gasteiger partial charge in [-0.15, -0.1) is 0 Å². The van der Waals surface area contributed by atoms with Gasteiger partial charge in [0.15, 0.2) is 5.69 Å². The van der Waals surface area contributed by atoms with Crippen molar-refractivity contribution in [3.8, 4) is 5.69 Å². The number of imidazole rings is 1. The number of para-hydroxylation sites is 2. The molecule has 0 atom stereocenters. The largest absolute Gasteiger partial charge is 0.462 e. The van der Waals surface area contributed by atoms with Crippen molar-refractivity contribution >= 4 is 35.0 Å². The number of carbonyl (C=O) groups excluding carboxylic acids is 3. The number of hydrogen-bond donors (Lipinski definition) is 1. The summed E-state index contributed by atoms with van der Waals surface area (Å²) in [5.41, 5.74) is 4.18. The minimum Gasteiger partial charge on any atom is -0.462 e. The van der Waals surface area contributed by atoms with Crippen LogP contribution < -0.4 is 5.73 Å². The van der Waals surface area contributed by atoms with E-state index in [1.54, 1.807) is 20.8 Å². The Morgan fingerprint density at radius 1 is 0.821 bits per heavy atom. The average molecular weight is 543 g/mol. The van der Waals surface area contributed by atoms with Crippen LogP contribution in [0.5, 0.6) is 0 Å². The van der Waals surface area contributed by atoms with Gasteiger partial charge in [0.25, 0.3) is 0 Å². The number of benzene rings is 2. The molecule has 39 heavy (non-hydrogen) atoms. The lowest BCUT2D eigenvalue weighted by atomic mass is 10.1. The number of hydrogen-bond acceptors (Lipinski definition) is 12. The van der Waals surface area contributed by atoms with E-state index >= 15 is 0 Å². The van der Waals surface area contributed by atoms with E-state index in [9.17, 15) is 34.6 Å². The second-order valence-corrected chi connectivity index (χ2v) is 7.24. The first-order chi connectivity index (χ1) is 18.6. The first kappa shape index (κ1) is 29.9. The quantitative estimate of drug-likeness (QED) is 0.135. The van der Waals surface area contributed by atoms with E-state index in [1.165, 1.54) is 53.5 Å². The van der Waals surface area contributed by atoms with Gasteiger partial charge < -0.3 is 19.9 Å². The Morgan fingerprint density at radius 2 is 1.31 bits per heavy atom. The van der Waals surface area contributed by atoms with Gasteiger partial charge in [0, 0.05) is 0 Å². The standard InChI is InChI=1S/C15H15N3O6.C9H10N2O4/c1-3-23-14(19)10-6-5-7-11(13(10)18(21)22)17-9-16-8-12(17)15(20)24-4-2;1-2-15-9(12)6-4-3-5-7(10)8(6)11(13)14/h5-9H,3-4H2,1-2H3;3-5H,2,10H2,1H3. The van der Waals surface area contributed by atoms with Gasteiger partial charge >= 0.3 is 29.3 Å². The van der Waals surface area contributed by atoms with Gasteiger partial charge in [0.1, 0.15) is 28.8 Å². The van der Waals surface area contributed by atoms with Crippen molar-refractivity contribution in [2.24, 2.45) is 0 Å². The Morgan fingerprint density at radius 3 is 1.82 bits per heavy atom. The van der Waals surface area contributed by atoms with E-state index in [-0.39, 0.29) is 48.0 Å². The minimum absolute atomic E-state index is 0.0148. The molecule has 0 radical (unpaired) electrons. The molecule has 0 unspecified atom stereocenters. The molecule has 0 amide bonds. The number of nitro groups is 2. The maximum Gasteiger partial charge on any atom is 0.356 e. The van der Waals surface area contributed by atoms with Gasteiger partial charge in [-0.25, -0.2) is 19.4 Å². The highest BCUT2D eigenvalue weighted by atomic mass is 16.6. The smallest absolute Gasteiger partial charge is 0.356 e. The van der Waals surface area contributed by atoms with Gasteiger partial charge in [-0.1, -0.05) is 12.1 Å². The highest BCUT2D eigenvalue weighted by Gasteiger charge is 2.28. The zero-order valence-corrected chi connectivity index (χ0v) is 21.2. The predicted molar refractivity (Wildman–Crippen MR) is 136 cm³/mol. The zero-order valence-electron chi connectivity index (χ0n) is 21.2. The summed E-state index contributed by atoms with van der Waals surface area (Å²) >= 11 is 0. The molecule has 1 aromatic heterocycles. The fourth-order valence-corrected chi connectivity index (χ4v) is 3.27. The van der Waals surface area contributed by atoms with Crippen molar-refractivity contribution in [2.45, 2.75) is 20.8 Å². The van der Waals surface area contributed by atoms with Gasteiger partial charge in [-0.2, -0.15) is 0 Å². The van der Waals surface area contributed by atoms with Gasteiger partial charge in [-0.3, -0.25) is 24.8 Å². The molecule has 1 heterocycles. The molecular formula is C24H25N5O10. The molecule has 3 aromatic rings. The van der Waals surface area contributed by atoms with E-state index in [0.717, 1.165) is 0 Å². The predicted octanol–water partition coefficient (Wildman–Crippen LogP) is 3.49. The van der Waals surface area contributed by atoms with Crippen LogP contribution in [0.15, 0.2) is 48.9 Å². The number of anilines is 1. The summed E-state index contributed by atoms with van der Waals surface area (Å²) in [6.45, 7) is 5.25. The van der Waals surface area contributed by atoms with Crippen molar-refractivity contribution in [3.63, 3.8) is 0 Å². The number of ether oxygens (including phenoxy) is 3. The second kappa shape index (κ2) is 13.8. The van der Waals surface area contributed by atoms with E-state index in [2.05, 4.69) is 9.72 Å². The first-order valence-corrected chi connectivity index (χ1v) is 11.4. The molecule has 0 saturated heterocycles. The number of carbonyl (C=O) groups is 3. The van der Waals surface area contributed by atoms with Crippen molar-refractivity contribution in [1.29, 1.82) is 0 Å². The Hall–Kier alpha value is -5.34. The highest BCUT2D eigenvalue weighted by Crippen LogP contribution is 2.29. The lowest BCUT2D eigenvalue weighted by Gasteiger charge is -2.10. The SMILES string of the molecule is CCOC(=O)c1cccc(-n2cncc2C(=O)OCC)c1[N+](=O)[O-].CCOC(=O)c1cccc(N)c1[N+](=O)[O-]. The summed E-state index contributed by atoms with van der Waals surface area (Å²) in [6.07, 6.45) is 2.47. The number of nitro benzene ring substituents is 2. The number of aromatic nitrogens is 2. The third-order valence-corrected chi connectivity index (χ3v) is 4.82. The number of rotatable bonds is 9. The van der Waals surface area contributed by atoms with E-state index in [0.29, 0.717) is 0 Å². The van der Waals surface area contributed by atoms with E-state index in [1.807, 2.05) is 0 Å². The van der Waals surface area contributed by atoms with Crippen molar-refractivity contribution < 1.29 is 38.4 Å². The summed E-state index contributed by atoms with van der Waals surface area (Å²) in [7, 11) is 0. The molecule has 206 valence electrons. The molecule has 0 aliphatic heterocycles. The number of nitrogen functional groups attached to an aromatic ring is 1. The Bertz CT molecular complexity index is 1390. The zero-order chi connectivity index (χ0) is 29.1. The molecule has 0 saturated carbocycles. The van der Waals surface area contributed by atoms with Crippen LogP contribution in [-0.4, -0.2) is 57.1 Å². The van der Waals surface area contributed by atoms with E-state index < -0.39 is 39.1 Å². The van der Waals surface area contributed by atoms with Crippen LogP contribution in [0, 0.1) is 20.2 Å². The van der Waals surface area contributed by atoms with Crippen LogP contribution in [0.2, 0.25) is 0 Å². The molecule has 0 spiro atoms. The van der Waals surface area contributed by atoms with Crippen LogP contribution in [-0.2, 0) is 14.2 Å². The minimum atomic E-state index is -0.816. The second-order valence-electron chi connectivity index (χ2n) is 7.24. The fraction of sp³-hybridized carbons (Fsp3) is 0.250. The highest BCUT2D eigenvalue weighted by molar-refractivity contribution is 5.97. The Balaban J connectivity index is 0.000000306. The van der Waals surface area contributed by atoms with Crippen LogP contribution in [0.1, 0.15) is 52.0 Å². The fourth-order valence-electron chi connectivity index (χ4n) is 3.27. The van der Waals surface area contributed by atoms with Crippen LogP contribution >= 0.6 is 0 Å². The number of nitrogens with two attached hydrogens (primary N) is 1. The molecule has 15 nitrogen and oxygen atoms in total. The third-order valence-electron chi connectivity index (χ3n) is 4.82. The molecule has 0 aliphatic carbocycles. The average Bonchev–Trinajstić information content (AvgIpc) is 3.39. The number of esters is 3. The van der Waals surface area contributed by atoms with Crippen LogP contribution in [0.4, 0.5) is 17.1 Å². The van der Waals surface area contributed by atoms with Gasteiger partial charge in [0.05, 0.1) is 35.9 Å². The lowest BCUT2D eigenvalue weighted by molar-refractivity contribution is -0.385. The molecule has 0 aliphatic rings. The number of nitrogens with zero attached hydrogens (tertiary/aromatic N) is 4.